The first-order chi connectivity index (χ1) is 24.7. The summed E-state index contributed by atoms with van der Waals surface area (Å²) in [7, 11) is 0. The Hall–Kier alpha value is -4.33. The van der Waals surface area contributed by atoms with Crippen LogP contribution in [0.2, 0.25) is 0 Å². The molecule has 0 aromatic heterocycles. The minimum Gasteiger partial charge on any atom is -0.457 e. The Morgan fingerprint density at radius 1 is 0.300 bits per heavy atom. The molecule has 0 bridgehead atoms. The first-order valence-corrected chi connectivity index (χ1v) is 19.9. The molecule has 7 aromatic carbocycles. The summed E-state index contributed by atoms with van der Waals surface area (Å²) < 4.78 is 12.9. The van der Waals surface area contributed by atoms with E-state index in [2.05, 4.69) is 84.9 Å². The SMILES string of the molecule is c1ccc(Oc2cc3c4c(c2)Sc2cc5c(cc2B4c2ccccc2S3)B2c3ccccc3Sc3cc(Oc4ccccc4)cc(c32)S5)cc1. The van der Waals surface area contributed by atoms with Crippen LogP contribution in [0.1, 0.15) is 0 Å². The zero-order valence-electron chi connectivity index (χ0n) is 26.5. The van der Waals surface area contributed by atoms with E-state index in [-0.39, 0.29) is 13.4 Å². The van der Waals surface area contributed by atoms with Crippen LogP contribution in [0.15, 0.2) is 185 Å². The van der Waals surface area contributed by atoms with Crippen LogP contribution in [-0.4, -0.2) is 13.4 Å². The van der Waals surface area contributed by atoms with E-state index in [0.717, 1.165) is 23.0 Å². The number of ether oxygens (including phenoxy) is 2. The summed E-state index contributed by atoms with van der Waals surface area (Å²) in [5, 5.41) is 0. The van der Waals surface area contributed by atoms with Crippen LogP contribution >= 0.6 is 47.0 Å². The molecule has 11 rings (SSSR count). The van der Waals surface area contributed by atoms with E-state index in [4.69, 9.17) is 9.47 Å². The Morgan fingerprint density at radius 3 is 1.12 bits per heavy atom. The molecule has 0 aliphatic carbocycles. The molecule has 50 heavy (non-hydrogen) atoms. The molecule has 0 N–H and O–H groups in total. The van der Waals surface area contributed by atoms with E-state index >= 15 is 0 Å². The third kappa shape index (κ3) is 4.73. The van der Waals surface area contributed by atoms with Crippen molar-refractivity contribution in [1.82, 2.24) is 0 Å². The van der Waals surface area contributed by atoms with E-state index in [1.165, 1.54) is 71.9 Å². The molecule has 0 unspecified atom stereocenters. The van der Waals surface area contributed by atoms with Crippen LogP contribution in [0.5, 0.6) is 23.0 Å². The topological polar surface area (TPSA) is 18.5 Å². The first-order valence-electron chi connectivity index (χ1n) is 16.6. The third-order valence-corrected chi connectivity index (χ3v) is 14.4. The lowest BCUT2D eigenvalue weighted by Gasteiger charge is -2.37. The van der Waals surface area contributed by atoms with Crippen molar-refractivity contribution in [3.8, 4) is 23.0 Å². The molecule has 2 nitrogen and oxygen atoms in total. The first kappa shape index (κ1) is 29.4. The molecule has 0 spiro atoms. The summed E-state index contributed by atoms with van der Waals surface area (Å²) >= 11 is 7.50. The fourth-order valence-corrected chi connectivity index (χ4v) is 12.8. The molecular formula is C42H24B2O2S4. The van der Waals surface area contributed by atoms with Gasteiger partial charge in [-0.05, 0) is 77.7 Å². The summed E-state index contributed by atoms with van der Waals surface area (Å²) in [4.78, 5) is 10.4. The molecule has 234 valence electrons. The molecule has 4 aliphatic heterocycles. The predicted octanol–water partition coefficient (Wildman–Crippen LogP) is 8.16. The van der Waals surface area contributed by atoms with Crippen LogP contribution in [0.25, 0.3) is 0 Å². The number of hydrogen-bond donors (Lipinski definition) is 0. The quantitative estimate of drug-likeness (QED) is 0.171. The molecule has 0 saturated carbocycles. The molecule has 0 amide bonds. The molecule has 4 aliphatic rings. The Balaban J connectivity index is 1.08. The Morgan fingerprint density at radius 2 is 0.680 bits per heavy atom. The van der Waals surface area contributed by atoms with Crippen molar-refractivity contribution in [3.05, 3.63) is 146 Å². The summed E-state index contributed by atoms with van der Waals surface area (Å²) in [6.45, 7) is 0.316. The van der Waals surface area contributed by atoms with E-state index in [0.29, 0.717) is 0 Å². The molecule has 0 atom stereocenters. The van der Waals surface area contributed by atoms with Gasteiger partial charge in [0.2, 0.25) is 13.4 Å². The van der Waals surface area contributed by atoms with E-state index in [9.17, 15) is 0 Å². The second-order valence-corrected chi connectivity index (χ2v) is 17.1. The minimum atomic E-state index is 0.158. The number of rotatable bonds is 4. The maximum absolute atomic E-state index is 6.44. The van der Waals surface area contributed by atoms with Gasteiger partial charge in [0.05, 0.1) is 0 Å². The van der Waals surface area contributed by atoms with Gasteiger partial charge >= 0.3 is 0 Å². The van der Waals surface area contributed by atoms with Gasteiger partial charge in [0.15, 0.2) is 0 Å². The predicted molar refractivity (Wildman–Crippen MR) is 211 cm³/mol. The Bertz CT molecular complexity index is 2350. The molecule has 0 radical (unpaired) electrons. The number of para-hydroxylation sites is 2. The van der Waals surface area contributed by atoms with Gasteiger partial charge in [-0.3, -0.25) is 0 Å². The molecule has 0 fully saturated rings. The normalized spacial score (nSPS) is 14.0. The zero-order chi connectivity index (χ0) is 32.8. The van der Waals surface area contributed by atoms with Crippen LogP contribution in [0, 0.1) is 0 Å². The van der Waals surface area contributed by atoms with Gasteiger partial charge in [0.1, 0.15) is 23.0 Å². The number of benzene rings is 7. The van der Waals surface area contributed by atoms with Crippen LogP contribution < -0.4 is 42.3 Å². The lowest BCUT2D eigenvalue weighted by atomic mass is 9.33. The van der Waals surface area contributed by atoms with Crippen LogP contribution in [0.4, 0.5) is 0 Å². The monoisotopic (exact) mass is 710 g/mol. The lowest BCUT2D eigenvalue weighted by molar-refractivity contribution is 0.480. The molecule has 4 heterocycles. The highest BCUT2D eigenvalue weighted by Crippen LogP contribution is 2.45. The lowest BCUT2D eigenvalue weighted by Crippen LogP contribution is -2.62. The summed E-state index contributed by atoms with van der Waals surface area (Å²) in [6, 6.07) is 52.1. The van der Waals surface area contributed by atoms with Crippen molar-refractivity contribution in [2.75, 3.05) is 0 Å². The van der Waals surface area contributed by atoms with Crippen molar-refractivity contribution in [2.24, 2.45) is 0 Å². The van der Waals surface area contributed by atoms with Gasteiger partial charge in [-0.15, -0.1) is 0 Å². The highest BCUT2D eigenvalue weighted by atomic mass is 32.2. The molecule has 0 saturated heterocycles. The Labute approximate surface area is 308 Å². The molecular weight excluding hydrogens is 686 g/mol. The van der Waals surface area contributed by atoms with Gasteiger partial charge in [-0.2, -0.15) is 0 Å². The van der Waals surface area contributed by atoms with Crippen LogP contribution in [0.3, 0.4) is 0 Å². The maximum atomic E-state index is 6.44. The van der Waals surface area contributed by atoms with Crippen molar-refractivity contribution < 1.29 is 9.47 Å². The average Bonchev–Trinajstić information content (AvgIpc) is 3.14. The second-order valence-electron chi connectivity index (χ2n) is 12.8. The maximum Gasteiger partial charge on any atom is 0.247 e. The fraction of sp³-hybridized carbons (Fsp3) is 0. The van der Waals surface area contributed by atoms with Crippen LogP contribution in [-0.2, 0) is 0 Å². The summed E-state index contributed by atoms with van der Waals surface area (Å²) in [5.74, 6) is 3.46. The largest absolute Gasteiger partial charge is 0.457 e. The number of hydrogen-bond acceptors (Lipinski definition) is 6. The Kier molecular flexibility index (Phi) is 6.83. The average molecular weight is 711 g/mol. The zero-order valence-corrected chi connectivity index (χ0v) is 29.7. The van der Waals surface area contributed by atoms with Gasteiger partial charge in [0.25, 0.3) is 0 Å². The van der Waals surface area contributed by atoms with Gasteiger partial charge in [-0.1, -0.05) is 148 Å². The highest BCUT2D eigenvalue weighted by molar-refractivity contribution is 8.02. The van der Waals surface area contributed by atoms with Crippen molar-refractivity contribution in [3.63, 3.8) is 0 Å². The molecule has 8 heteroatoms. The van der Waals surface area contributed by atoms with Gasteiger partial charge < -0.3 is 9.47 Å². The second kappa shape index (κ2) is 11.6. The van der Waals surface area contributed by atoms with Gasteiger partial charge in [0, 0.05) is 39.2 Å². The third-order valence-electron chi connectivity index (χ3n) is 9.79. The standard InChI is InChI=1S/C42H24B2O2S4/c1-3-11-25(12-4-1)45-27-19-37-41-39(21-27)49-35-24-36-32(23-31(35)43(41)29-15-7-9-17-33(29)47-37)44-30-16-8-10-18-34(30)48-38-20-28(22-40(50-36)42(38)44)46-26-13-5-2-6-14-26/h1-24H. The smallest absolute Gasteiger partial charge is 0.247 e. The summed E-state index contributed by atoms with van der Waals surface area (Å²) in [5.41, 5.74) is 8.37. The highest BCUT2D eigenvalue weighted by Gasteiger charge is 2.43. The van der Waals surface area contributed by atoms with E-state index in [1.807, 2.05) is 108 Å². The number of fused-ring (bicyclic) bond motifs is 8. The fourth-order valence-electron chi connectivity index (χ4n) is 7.71. The minimum absolute atomic E-state index is 0.158. The van der Waals surface area contributed by atoms with Gasteiger partial charge in [-0.25, -0.2) is 0 Å². The van der Waals surface area contributed by atoms with E-state index < -0.39 is 0 Å². The van der Waals surface area contributed by atoms with Crippen molar-refractivity contribution in [2.45, 2.75) is 39.2 Å². The van der Waals surface area contributed by atoms with E-state index in [1.54, 1.807) is 0 Å². The van der Waals surface area contributed by atoms with Crippen molar-refractivity contribution in [1.29, 1.82) is 0 Å². The molecule has 7 aromatic rings. The summed E-state index contributed by atoms with van der Waals surface area (Å²) in [6.07, 6.45) is 0. The van der Waals surface area contributed by atoms with Crippen molar-refractivity contribution >= 4 is 93.2 Å².